The Hall–Kier alpha value is -5.10. The molecule has 9 fully saturated rings. The second-order valence-electron chi connectivity index (χ2n) is 33.3. The molecule has 6 unspecified atom stereocenters. The van der Waals surface area contributed by atoms with Crippen molar-refractivity contribution in [2.75, 3.05) is 63.4 Å². The van der Waals surface area contributed by atoms with E-state index in [0.717, 1.165) is 66.0 Å². The third kappa shape index (κ3) is 23.0. The molecule has 144 heavy (non-hydrogen) atoms. The number of ether oxygens (including phenoxy) is 6. The first kappa shape index (κ1) is 112. The molecule has 0 saturated carbocycles. The number of nitrogen functional groups attached to an aromatic ring is 3. The van der Waals surface area contributed by atoms with E-state index in [1.165, 1.54) is 43.6 Å². The van der Waals surface area contributed by atoms with Crippen LogP contribution in [0.1, 0.15) is 51.2 Å². The summed E-state index contributed by atoms with van der Waals surface area (Å²) in [5.74, 6) is -3.33. The van der Waals surface area contributed by atoms with Crippen molar-refractivity contribution in [1.29, 1.82) is 0 Å². The number of nitrogens with two attached hydrogens (primary N) is 3. The third-order valence-electron chi connectivity index (χ3n) is 23.1. The summed E-state index contributed by atoms with van der Waals surface area (Å²) in [4.78, 5) is 149. The van der Waals surface area contributed by atoms with E-state index in [9.17, 15) is 66.8 Å². The first-order valence-electron chi connectivity index (χ1n) is 41.8. The zero-order valence-corrected chi connectivity index (χ0v) is 90.3. The van der Waals surface area contributed by atoms with Gasteiger partial charge in [-0.25, -0.2) is 90.7 Å². The van der Waals surface area contributed by atoms with Gasteiger partial charge in [-0.2, -0.15) is 0 Å². The Morgan fingerprint density at radius 2 is 0.736 bits per heavy atom. The molecule has 21 rings (SSSR count). The number of thiol groups is 1. The van der Waals surface area contributed by atoms with E-state index in [0.29, 0.717) is 0 Å². The van der Waals surface area contributed by atoms with Crippen LogP contribution in [0, 0.1) is 23.4 Å². The van der Waals surface area contributed by atoms with Crippen molar-refractivity contribution >= 4 is 204 Å². The fourth-order valence-corrected chi connectivity index (χ4v) is 26.3. The molecule has 9 aliphatic rings. The summed E-state index contributed by atoms with van der Waals surface area (Å²) in [6.45, 7) is -18.5. The molecule has 54 nitrogen and oxygen atoms in total. The summed E-state index contributed by atoms with van der Waals surface area (Å²) in [5, 5.41) is 21.0. The van der Waals surface area contributed by atoms with Crippen molar-refractivity contribution in [3.8, 4) is 0 Å². The smallest absolute Gasteiger partial charge is 0.780 e. The molecule has 0 aromatic carbocycles. The van der Waals surface area contributed by atoms with Gasteiger partial charge in [0, 0.05) is 31.1 Å². The molecule has 15 N–H and O–H groups in total. The molecular weight excluding hydrogens is 2210 g/mol. The molecular formula is C69H81F6N24Na2O30P6S6Si+. The maximum Gasteiger partial charge on any atom is 1.00 e. The van der Waals surface area contributed by atoms with Gasteiger partial charge in [0.05, 0.1) is 83.7 Å². The number of nitrogens with one attached hydrogen (secondary N) is 3. The number of hydrogen-bond acceptors (Lipinski definition) is 46. The Balaban J connectivity index is 0.000000149. The first-order valence-corrected chi connectivity index (χ1v) is 60.9. The number of aliphatic hydroxyl groups excluding tert-OH is 2. The van der Waals surface area contributed by atoms with Gasteiger partial charge in [0.15, 0.2) is 133 Å². The fraction of sp³-hybridized carbons (Fsp3) is 0.522. The second-order valence-corrected chi connectivity index (χ2v) is 54.5. The predicted octanol–water partition coefficient (Wildman–Crippen LogP) is -2.58. The molecule has 30 atom stereocenters. The van der Waals surface area contributed by atoms with Gasteiger partial charge in [-0.1, -0.05) is 31.0 Å². The number of aliphatic hydroxyl groups is 2. The molecule has 6 bridgehead atoms. The number of aromatic amines is 3. The van der Waals surface area contributed by atoms with E-state index < -0.39 is 274 Å². The van der Waals surface area contributed by atoms with Crippen molar-refractivity contribution < 1.29 is 212 Å². The summed E-state index contributed by atoms with van der Waals surface area (Å²) in [6.07, 6.45) is -21.6. The normalized spacial score (nSPS) is 35.9. The molecule has 0 amide bonds. The molecule has 9 saturated heterocycles. The van der Waals surface area contributed by atoms with Gasteiger partial charge in [-0.15, -0.1) is 0 Å². The molecule has 0 spiro atoms. The number of H-pyrrole nitrogens is 3. The average molecular weight is 2290 g/mol. The van der Waals surface area contributed by atoms with Gasteiger partial charge in [0.1, 0.15) is 138 Å². The minimum absolute atomic E-state index is 0. The number of alkyl halides is 3. The Kier molecular flexibility index (Phi) is 33.9. The summed E-state index contributed by atoms with van der Waals surface area (Å²) in [7, 11) is -1.16. The van der Waals surface area contributed by atoms with E-state index in [2.05, 4.69) is 107 Å². The van der Waals surface area contributed by atoms with E-state index in [4.69, 9.17) is 163 Å². The summed E-state index contributed by atoms with van der Waals surface area (Å²) in [6, 6.07) is 0. The van der Waals surface area contributed by atoms with Crippen molar-refractivity contribution in [2.45, 2.75) is 175 Å². The Morgan fingerprint density at radius 3 is 1.08 bits per heavy atom. The van der Waals surface area contributed by atoms with E-state index in [-0.39, 0.29) is 139 Å². The minimum Gasteiger partial charge on any atom is -0.780 e. The molecule has 12 aromatic heterocycles. The van der Waals surface area contributed by atoms with Crippen molar-refractivity contribution in [1.82, 2.24) is 102 Å². The van der Waals surface area contributed by atoms with Gasteiger partial charge < -0.3 is 141 Å². The topological polar surface area (TPSA) is 698 Å². The largest absolute Gasteiger partial charge is 1.00 e. The number of rotatable bonds is 8. The molecule has 770 valence electrons. The first-order chi connectivity index (χ1) is 67.1. The van der Waals surface area contributed by atoms with Crippen molar-refractivity contribution in [3.05, 3.63) is 124 Å². The van der Waals surface area contributed by atoms with Crippen LogP contribution in [0.5, 0.6) is 0 Å². The number of anilines is 3. The Morgan fingerprint density at radius 1 is 0.438 bits per heavy atom. The van der Waals surface area contributed by atoms with Gasteiger partial charge >= 0.3 is 92.8 Å². The molecule has 0 aliphatic carbocycles. The Bertz CT molecular complexity index is 6680. The third-order valence-corrected chi connectivity index (χ3v) is 33.7. The van der Waals surface area contributed by atoms with Gasteiger partial charge in [0.2, 0.25) is 0 Å². The fourth-order valence-electron chi connectivity index (χ4n) is 16.8. The quantitative estimate of drug-likeness (QED) is 0.0322. The monoisotopic (exact) mass is 2290 g/mol. The van der Waals surface area contributed by atoms with E-state index in [1.54, 1.807) is 6.92 Å². The summed E-state index contributed by atoms with van der Waals surface area (Å²) < 4.78 is 220. The number of imidazole rings is 3. The average Bonchev–Trinajstić information content (AvgIpc) is 1.60. The van der Waals surface area contributed by atoms with Crippen LogP contribution < -0.4 is 97.9 Å². The second kappa shape index (κ2) is 43.8. The van der Waals surface area contributed by atoms with Crippen LogP contribution in [-0.2, 0) is 151 Å². The molecule has 12 aromatic rings. The van der Waals surface area contributed by atoms with Crippen molar-refractivity contribution in [2.24, 2.45) is 5.92 Å². The number of fused-ring (bicyclic) bond motifs is 15. The maximum absolute atomic E-state index is 16.0. The van der Waals surface area contributed by atoms with E-state index in [1.807, 2.05) is 6.92 Å². The van der Waals surface area contributed by atoms with Gasteiger partial charge in [0.25, 0.3) is 16.7 Å². The zero-order valence-electron chi connectivity index (χ0n) is 74.9. The summed E-state index contributed by atoms with van der Waals surface area (Å²) >= 11 is 29.9. The Labute approximate surface area is 879 Å². The predicted molar refractivity (Wildman–Crippen MR) is 496 cm³/mol. The van der Waals surface area contributed by atoms with Crippen LogP contribution in [0.4, 0.5) is 43.8 Å². The van der Waals surface area contributed by atoms with Crippen LogP contribution in [0.25, 0.3) is 66.6 Å². The maximum atomic E-state index is 16.0. The molecule has 9 aliphatic heterocycles. The summed E-state index contributed by atoms with van der Waals surface area (Å²) in [5.41, 5.74) is 15.8. The molecule has 21 heterocycles. The number of hydrogen-bond donors (Lipinski definition) is 13. The van der Waals surface area contributed by atoms with Crippen molar-refractivity contribution in [3.63, 3.8) is 0 Å². The number of nitrogens with zero attached hydrogens (tertiary/aromatic N) is 18. The SMILES string of the molecule is CCO[Si](C)(C)C.C[C@H]1[C@H]2OP(=O)(S)OC[C@H]3O[C@@H](n4cnc5c(N)ncnc54)[C@H](F)[C@@H]3OP(O)(=S)OC[C@H]1O[C@H]2n1cc(F)c2c(=O)[nH]cnc21.Nc1ncnc2c1ncn2[C@@H]1O[C@@H]2COP(O)(=S)O[C@@H]3[C@H](O)[C@@H](COP(O)(=S)O[C@H]2[C@H]1F)O[C@H]3n1cc(F)c2c(=O)[nH]cnc21.Nc1ncnc2c1ncn2[C@@H]1O[C@@H]2COP([O-])(=S)O[C@@H]3[C@H](O)[C@@H](COP(O)(=S)O[C@H]2[C@H]1F)O[C@H]3n1cc(F)c2c(=O)[nH]cnc21.[Na+].[Na+]. The van der Waals surface area contributed by atoms with Crippen LogP contribution in [0.2, 0.25) is 19.6 Å². The van der Waals surface area contributed by atoms with E-state index >= 15 is 13.2 Å². The van der Waals surface area contributed by atoms with Gasteiger partial charge in [-0.3, -0.25) is 55.2 Å². The van der Waals surface area contributed by atoms with Gasteiger partial charge in [-0.05, 0) is 73.8 Å². The number of aromatic nitrogens is 21. The van der Waals surface area contributed by atoms with Crippen LogP contribution in [0.15, 0.2) is 89.9 Å². The standard InChI is InChI=1S/C22H24F2N8O9P2S2.2C21H22F2N8O10P2S2.C5H14OSi.2Na/c1-8-10-3-36-43(35,45)41-16-11(39-21(13(16)24)32-7-30-14-17(25)26-5-28-19(14)32)4-37-42(34,44)40-15(8)22(38-10)31-2-9(23)12-18(31)27-6-29-20(12)33;2*22-7-1-30(17-10(7)19(33)28-5-26-17)21-15-13(32)8(38-21)2-36-42(34,44)40-14-9(3-37-43(35,45)41-15)39-20(11(14)23)31-6-29-12-16(24)25-4-27-18(12)31;1-5-6-7(2,3)4;;/h2,5-8,10-11,13,15-16,21-22H,3-4H2,1H3,(H,34,44)(H,35,45)(H2,25,26,28)(H,27,29,33);2*1,4-6,8-9,11,13-15,20-21,32H,2-3H2,(H,34,44)(H,35,45)(H2,24,25,27)(H,26,28,33);5H2,1-4H3;;/q;;;;2*+1/p-1/t8-,10-,11-,13-,15-,16-,21-,22-,42?,43?;2*8-,9-,11-,13-,14-,15-,20-,21-,42?,43?;;;/m111.../s1. The molecule has 0 radical (unpaired) electrons. The zero-order chi connectivity index (χ0) is 101. The molecule has 75 heteroatoms. The number of halogens is 6. The van der Waals surface area contributed by atoms with Crippen LogP contribution >= 0.6 is 52.6 Å². The van der Waals surface area contributed by atoms with Crippen LogP contribution in [0.3, 0.4) is 0 Å². The van der Waals surface area contributed by atoms with Crippen LogP contribution in [-0.4, -0.2) is 290 Å². The minimum atomic E-state index is -4.57.